The van der Waals surface area contributed by atoms with Crippen molar-refractivity contribution in [2.24, 2.45) is 0 Å². The van der Waals surface area contributed by atoms with E-state index in [0.717, 1.165) is 5.56 Å². The van der Waals surface area contributed by atoms with E-state index < -0.39 is 21.2 Å². The Morgan fingerprint density at radius 3 is 2.25 bits per heavy atom. The molecule has 2 aromatic rings. The molecule has 1 saturated heterocycles. The van der Waals surface area contributed by atoms with E-state index in [1.165, 1.54) is 0 Å². The van der Waals surface area contributed by atoms with E-state index in [1.54, 1.807) is 42.5 Å². The first-order chi connectivity index (χ1) is 11.6. The molecule has 2 aromatic carbocycles. The monoisotopic (exact) mass is 342 g/mol. The van der Waals surface area contributed by atoms with E-state index >= 15 is 0 Å². The third kappa shape index (κ3) is 3.57. The lowest BCUT2D eigenvalue weighted by Crippen LogP contribution is -2.40. The van der Waals surface area contributed by atoms with Gasteiger partial charge in [-0.1, -0.05) is 54.6 Å². The summed E-state index contributed by atoms with van der Waals surface area (Å²) in [5, 5.41) is -0.766. The molecule has 3 rings (SSSR count). The van der Waals surface area contributed by atoms with E-state index in [-0.39, 0.29) is 23.7 Å². The SMILES string of the molecule is O=C1CCC(S(=O)(=O)c2ccccc2)C(/C=C/c2ccccc2)O1. The number of sulfone groups is 1. The van der Waals surface area contributed by atoms with Crippen molar-refractivity contribution in [2.75, 3.05) is 0 Å². The molecule has 0 radical (unpaired) electrons. The van der Waals surface area contributed by atoms with Crippen molar-refractivity contribution in [3.8, 4) is 0 Å². The van der Waals surface area contributed by atoms with Crippen LogP contribution >= 0.6 is 0 Å². The Hall–Kier alpha value is -2.40. The summed E-state index contributed by atoms with van der Waals surface area (Å²) < 4.78 is 31.1. The molecule has 2 unspecified atom stereocenters. The van der Waals surface area contributed by atoms with Crippen LogP contribution in [0, 0.1) is 0 Å². The highest BCUT2D eigenvalue weighted by molar-refractivity contribution is 7.92. The van der Waals surface area contributed by atoms with E-state index in [4.69, 9.17) is 4.74 Å². The molecule has 0 N–H and O–H groups in total. The largest absolute Gasteiger partial charge is 0.457 e. The number of hydrogen-bond acceptors (Lipinski definition) is 4. The molecular formula is C19H18O4S. The molecule has 0 amide bonds. The summed E-state index contributed by atoms with van der Waals surface area (Å²) in [6.07, 6.45) is 3.05. The first kappa shape index (κ1) is 16.5. The van der Waals surface area contributed by atoms with E-state index in [1.807, 2.05) is 30.3 Å². The summed E-state index contributed by atoms with van der Waals surface area (Å²) in [7, 11) is -3.57. The molecule has 1 heterocycles. The summed E-state index contributed by atoms with van der Waals surface area (Å²) in [5.74, 6) is -0.364. The fraction of sp³-hybridized carbons (Fsp3) is 0.211. The van der Waals surface area contributed by atoms with Gasteiger partial charge in [0.15, 0.2) is 9.84 Å². The molecule has 24 heavy (non-hydrogen) atoms. The van der Waals surface area contributed by atoms with Crippen LogP contribution in [0.25, 0.3) is 6.08 Å². The van der Waals surface area contributed by atoms with Crippen LogP contribution in [0.1, 0.15) is 18.4 Å². The predicted octanol–water partition coefficient (Wildman–Crippen LogP) is 3.25. The van der Waals surface area contributed by atoms with Crippen LogP contribution in [0.3, 0.4) is 0 Å². The molecule has 0 aromatic heterocycles. The zero-order valence-corrected chi connectivity index (χ0v) is 13.9. The summed E-state index contributed by atoms with van der Waals surface area (Å²) in [6.45, 7) is 0. The highest BCUT2D eigenvalue weighted by Gasteiger charge is 2.39. The van der Waals surface area contributed by atoms with Crippen LogP contribution in [-0.2, 0) is 19.4 Å². The number of ether oxygens (including phenoxy) is 1. The van der Waals surface area contributed by atoms with Crippen LogP contribution < -0.4 is 0 Å². The second kappa shape index (κ2) is 7.01. The number of rotatable bonds is 4. The van der Waals surface area contributed by atoms with E-state index in [2.05, 4.69) is 0 Å². The predicted molar refractivity (Wildman–Crippen MR) is 92.0 cm³/mol. The highest BCUT2D eigenvalue weighted by atomic mass is 32.2. The number of benzene rings is 2. The Morgan fingerprint density at radius 1 is 0.958 bits per heavy atom. The Kier molecular flexibility index (Phi) is 4.81. The van der Waals surface area contributed by atoms with Gasteiger partial charge in [0.1, 0.15) is 11.4 Å². The Morgan fingerprint density at radius 2 is 1.58 bits per heavy atom. The zero-order chi connectivity index (χ0) is 17.0. The molecule has 0 bridgehead atoms. The summed E-state index contributed by atoms with van der Waals surface area (Å²) in [4.78, 5) is 11.9. The lowest BCUT2D eigenvalue weighted by atomic mass is 10.1. The Bertz CT molecular complexity index is 826. The number of hydrogen-bond donors (Lipinski definition) is 0. The highest BCUT2D eigenvalue weighted by Crippen LogP contribution is 2.28. The van der Waals surface area contributed by atoms with Gasteiger partial charge in [0.25, 0.3) is 0 Å². The van der Waals surface area contributed by atoms with Crippen LogP contribution in [0.5, 0.6) is 0 Å². The maximum atomic E-state index is 12.9. The van der Waals surface area contributed by atoms with Crippen LogP contribution in [0.15, 0.2) is 71.6 Å². The van der Waals surface area contributed by atoms with Crippen molar-refractivity contribution in [1.29, 1.82) is 0 Å². The molecule has 124 valence electrons. The molecule has 0 spiro atoms. The van der Waals surface area contributed by atoms with Crippen LogP contribution in [0.4, 0.5) is 0 Å². The molecule has 1 fully saturated rings. The second-order valence-electron chi connectivity index (χ2n) is 5.66. The minimum absolute atomic E-state index is 0.117. The number of carbonyl (C=O) groups excluding carboxylic acids is 1. The van der Waals surface area contributed by atoms with Crippen molar-refractivity contribution < 1.29 is 17.9 Å². The lowest BCUT2D eigenvalue weighted by molar-refractivity contribution is -0.150. The first-order valence-electron chi connectivity index (χ1n) is 7.79. The molecule has 2 atom stereocenters. The van der Waals surface area contributed by atoms with Crippen molar-refractivity contribution >= 4 is 21.9 Å². The summed E-state index contributed by atoms with van der Waals surface area (Å²) in [6, 6.07) is 17.8. The van der Waals surface area contributed by atoms with Gasteiger partial charge in [-0.25, -0.2) is 8.42 Å². The standard InChI is InChI=1S/C19H18O4S/c20-19-14-13-18(24(21,22)16-9-5-2-6-10-16)17(23-19)12-11-15-7-3-1-4-8-15/h1-12,17-18H,13-14H2/b12-11+. The van der Waals surface area contributed by atoms with Crippen molar-refractivity contribution in [3.63, 3.8) is 0 Å². The third-order valence-electron chi connectivity index (χ3n) is 4.02. The third-order valence-corrected chi connectivity index (χ3v) is 6.25. The van der Waals surface area contributed by atoms with Crippen molar-refractivity contribution in [1.82, 2.24) is 0 Å². The number of carbonyl (C=O) groups is 1. The van der Waals surface area contributed by atoms with E-state index in [9.17, 15) is 13.2 Å². The quantitative estimate of drug-likeness (QED) is 0.800. The zero-order valence-electron chi connectivity index (χ0n) is 13.0. The fourth-order valence-corrected chi connectivity index (χ4v) is 4.57. The molecular weight excluding hydrogens is 324 g/mol. The van der Waals surface area contributed by atoms with Crippen LogP contribution in [-0.4, -0.2) is 25.7 Å². The molecule has 1 aliphatic heterocycles. The van der Waals surface area contributed by atoms with E-state index in [0.29, 0.717) is 0 Å². The maximum Gasteiger partial charge on any atom is 0.306 e. The van der Waals surface area contributed by atoms with Gasteiger partial charge in [-0.05, 0) is 30.2 Å². The van der Waals surface area contributed by atoms with Crippen LogP contribution in [0.2, 0.25) is 0 Å². The number of cyclic esters (lactones) is 1. The number of esters is 1. The van der Waals surface area contributed by atoms with Gasteiger partial charge in [0.05, 0.1) is 4.90 Å². The minimum Gasteiger partial charge on any atom is -0.457 e. The first-order valence-corrected chi connectivity index (χ1v) is 9.34. The average molecular weight is 342 g/mol. The minimum atomic E-state index is -3.57. The topological polar surface area (TPSA) is 60.4 Å². The van der Waals surface area contributed by atoms with Gasteiger partial charge in [-0.3, -0.25) is 4.79 Å². The van der Waals surface area contributed by atoms with Gasteiger partial charge in [-0.15, -0.1) is 0 Å². The van der Waals surface area contributed by atoms with Gasteiger partial charge in [0.2, 0.25) is 0 Å². The molecule has 5 heteroatoms. The van der Waals surface area contributed by atoms with Gasteiger partial charge in [-0.2, -0.15) is 0 Å². The van der Waals surface area contributed by atoms with Gasteiger partial charge < -0.3 is 4.74 Å². The average Bonchev–Trinajstić information content (AvgIpc) is 2.61. The molecule has 1 aliphatic rings. The molecule has 4 nitrogen and oxygen atoms in total. The second-order valence-corrected chi connectivity index (χ2v) is 7.83. The normalized spacial score (nSPS) is 21.6. The Labute approximate surface area is 141 Å². The fourth-order valence-electron chi connectivity index (χ4n) is 2.76. The van der Waals surface area contributed by atoms with Gasteiger partial charge >= 0.3 is 5.97 Å². The Balaban J connectivity index is 1.90. The summed E-state index contributed by atoms with van der Waals surface area (Å²) >= 11 is 0. The molecule has 0 saturated carbocycles. The molecule has 0 aliphatic carbocycles. The summed E-state index contributed by atoms with van der Waals surface area (Å²) in [5.41, 5.74) is 0.926. The van der Waals surface area contributed by atoms with Crippen molar-refractivity contribution in [3.05, 3.63) is 72.3 Å². The lowest BCUT2D eigenvalue weighted by Gasteiger charge is -2.29. The smallest absolute Gasteiger partial charge is 0.306 e. The van der Waals surface area contributed by atoms with Gasteiger partial charge in [0, 0.05) is 6.42 Å². The maximum absolute atomic E-state index is 12.9. The van der Waals surface area contributed by atoms with Crippen molar-refractivity contribution in [2.45, 2.75) is 29.1 Å².